The average Bonchev–Trinajstić information content (AvgIpc) is 2.34. The van der Waals surface area contributed by atoms with Crippen LogP contribution in [0.4, 0.5) is 4.39 Å². The Balaban J connectivity index is 2.79. The van der Waals surface area contributed by atoms with Gasteiger partial charge in [0.25, 0.3) is 0 Å². The lowest BCUT2D eigenvalue weighted by atomic mass is 10.2. The van der Waals surface area contributed by atoms with E-state index < -0.39 is 36.8 Å². The number of nitrogens with zero attached hydrogens (tertiary/aromatic N) is 1. The Hall–Kier alpha value is -2.70. The minimum atomic E-state index is -1.32. The monoisotopic (exact) mass is 281 g/mol. The number of hydrogen-bond acceptors (Lipinski definition) is 3. The number of carboxylic acid groups (broad SMARTS) is 2. The lowest BCUT2D eigenvalue weighted by molar-refractivity contribution is -0.147. The van der Waals surface area contributed by atoms with Gasteiger partial charge in [0.15, 0.2) is 0 Å². The second-order valence-corrected chi connectivity index (χ2v) is 3.87. The van der Waals surface area contributed by atoms with E-state index in [1.54, 1.807) is 6.07 Å². The van der Waals surface area contributed by atoms with Crippen LogP contribution in [0.25, 0.3) is 6.08 Å². The fraction of sp³-hybridized carbons (Fsp3) is 0.154. The molecule has 2 N–H and O–H groups in total. The maximum atomic E-state index is 12.9. The van der Waals surface area contributed by atoms with Gasteiger partial charge in [-0.3, -0.25) is 14.4 Å². The van der Waals surface area contributed by atoms with E-state index in [0.29, 0.717) is 10.5 Å². The van der Waals surface area contributed by atoms with Gasteiger partial charge in [-0.2, -0.15) is 0 Å². The molecule has 1 aromatic rings. The van der Waals surface area contributed by atoms with E-state index in [1.165, 1.54) is 24.3 Å². The molecular weight excluding hydrogens is 269 g/mol. The van der Waals surface area contributed by atoms with Gasteiger partial charge in [0, 0.05) is 6.08 Å². The van der Waals surface area contributed by atoms with Gasteiger partial charge in [-0.05, 0) is 23.8 Å². The van der Waals surface area contributed by atoms with Crippen molar-refractivity contribution in [1.82, 2.24) is 4.90 Å². The van der Waals surface area contributed by atoms with Gasteiger partial charge < -0.3 is 15.1 Å². The van der Waals surface area contributed by atoms with Crippen LogP contribution in [0.15, 0.2) is 30.3 Å². The molecule has 0 bridgehead atoms. The van der Waals surface area contributed by atoms with Crippen molar-refractivity contribution < 1.29 is 29.0 Å². The number of halogens is 1. The maximum absolute atomic E-state index is 12.9. The molecule has 0 saturated heterocycles. The normalized spacial score (nSPS) is 10.4. The highest BCUT2D eigenvalue weighted by atomic mass is 19.1. The zero-order valence-electron chi connectivity index (χ0n) is 10.3. The van der Waals surface area contributed by atoms with Crippen molar-refractivity contribution in [1.29, 1.82) is 0 Å². The Labute approximate surface area is 113 Å². The number of amides is 1. The molecule has 106 valence electrons. The lowest BCUT2D eigenvalue weighted by Gasteiger charge is -2.16. The lowest BCUT2D eigenvalue weighted by Crippen LogP contribution is -2.38. The summed E-state index contributed by atoms with van der Waals surface area (Å²) in [5, 5.41) is 17.2. The maximum Gasteiger partial charge on any atom is 0.323 e. The largest absolute Gasteiger partial charge is 0.480 e. The summed E-state index contributed by atoms with van der Waals surface area (Å²) in [5.41, 5.74) is 0.406. The predicted octanol–water partition coefficient (Wildman–Crippen LogP) is 0.837. The molecule has 0 aliphatic rings. The van der Waals surface area contributed by atoms with Crippen LogP contribution < -0.4 is 0 Å². The molecule has 0 aliphatic heterocycles. The topological polar surface area (TPSA) is 94.9 Å². The van der Waals surface area contributed by atoms with Crippen molar-refractivity contribution in [2.45, 2.75) is 0 Å². The van der Waals surface area contributed by atoms with Crippen molar-refractivity contribution in [2.75, 3.05) is 13.1 Å². The van der Waals surface area contributed by atoms with Crippen molar-refractivity contribution >= 4 is 23.9 Å². The third-order valence-electron chi connectivity index (χ3n) is 2.23. The molecule has 1 rings (SSSR count). The summed E-state index contributed by atoms with van der Waals surface area (Å²) >= 11 is 0. The van der Waals surface area contributed by atoms with E-state index >= 15 is 0 Å². The second kappa shape index (κ2) is 7.03. The first-order valence-corrected chi connectivity index (χ1v) is 5.54. The molecule has 0 atom stereocenters. The summed E-state index contributed by atoms with van der Waals surface area (Å²) < 4.78 is 12.9. The summed E-state index contributed by atoms with van der Waals surface area (Å²) in [7, 11) is 0. The SMILES string of the molecule is O=C(O)CN(CC(=O)O)C(=O)C=Cc1cccc(F)c1. The van der Waals surface area contributed by atoms with Crippen LogP contribution >= 0.6 is 0 Å². The summed E-state index contributed by atoms with van der Waals surface area (Å²) in [6.07, 6.45) is 2.28. The Kier molecular flexibility index (Phi) is 5.40. The number of benzene rings is 1. The van der Waals surface area contributed by atoms with Crippen molar-refractivity contribution in [2.24, 2.45) is 0 Å². The minimum Gasteiger partial charge on any atom is -0.480 e. The quantitative estimate of drug-likeness (QED) is 0.753. The highest BCUT2D eigenvalue weighted by Gasteiger charge is 2.17. The van der Waals surface area contributed by atoms with E-state index in [-0.39, 0.29) is 0 Å². The number of rotatable bonds is 6. The fourth-order valence-electron chi connectivity index (χ4n) is 1.42. The molecular formula is C13H12FNO5. The van der Waals surface area contributed by atoms with Crippen molar-refractivity contribution in [3.8, 4) is 0 Å². The fourth-order valence-corrected chi connectivity index (χ4v) is 1.42. The van der Waals surface area contributed by atoms with Crippen LogP contribution in [0.5, 0.6) is 0 Å². The van der Waals surface area contributed by atoms with Crippen LogP contribution in [-0.2, 0) is 14.4 Å². The van der Waals surface area contributed by atoms with Gasteiger partial charge in [0.05, 0.1) is 0 Å². The first-order valence-electron chi connectivity index (χ1n) is 5.54. The summed E-state index contributed by atoms with van der Waals surface area (Å²) in [6, 6.07) is 5.42. The molecule has 0 aromatic heterocycles. The summed E-state index contributed by atoms with van der Waals surface area (Å²) in [5.74, 6) is -3.90. The highest BCUT2D eigenvalue weighted by Crippen LogP contribution is 2.06. The Morgan fingerprint density at radius 1 is 1.15 bits per heavy atom. The van der Waals surface area contributed by atoms with Crippen LogP contribution in [0, 0.1) is 5.82 Å². The standard InChI is InChI=1S/C13H12FNO5/c14-10-3-1-2-9(6-10)4-5-11(16)15(7-12(17)18)8-13(19)20/h1-6H,7-8H2,(H,17,18)(H,19,20). The second-order valence-electron chi connectivity index (χ2n) is 3.87. The average molecular weight is 281 g/mol. The molecule has 6 nitrogen and oxygen atoms in total. The van der Waals surface area contributed by atoms with Gasteiger partial charge in [0.1, 0.15) is 18.9 Å². The first kappa shape index (κ1) is 15.4. The van der Waals surface area contributed by atoms with E-state index in [9.17, 15) is 18.8 Å². The predicted molar refractivity (Wildman–Crippen MR) is 67.3 cm³/mol. The Morgan fingerprint density at radius 2 is 1.75 bits per heavy atom. The molecule has 0 saturated carbocycles. The molecule has 1 aromatic carbocycles. The van der Waals surface area contributed by atoms with Crippen LogP contribution in [-0.4, -0.2) is 46.0 Å². The highest BCUT2D eigenvalue weighted by molar-refractivity contribution is 5.95. The number of carbonyl (C=O) groups excluding carboxylic acids is 1. The van der Waals surface area contributed by atoms with Crippen LogP contribution in [0.1, 0.15) is 5.56 Å². The molecule has 0 fully saturated rings. The molecule has 0 aliphatic carbocycles. The number of aliphatic carboxylic acids is 2. The van der Waals surface area contributed by atoms with Crippen molar-refractivity contribution in [3.05, 3.63) is 41.7 Å². The molecule has 0 radical (unpaired) electrons. The third-order valence-corrected chi connectivity index (χ3v) is 2.23. The molecule has 0 spiro atoms. The van der Waals surface area contributed by atoms with E-state index in [0.717, 1.165) is 6.08 Å². The van der Waals surface area contributed by atoms with Gasteiger partial charge >= 0.3 is 11.9 Å². The van der Waals surface area contributed by atoms with Gasteiger partial charge in [-0.25, -0.2) is 4.39 Å². The van der Waals surface area contributed by atoms with Gasteiger partial charge in [0.2, 0.25) is 5.91 Å². The zero-order valence-corrected chi connectivity index (χ0v) is 10.3. The molecule has 0 unspecified atom stereocenters. The van der Waals surface area contributed by atoms with E-state index in [2.05, 4.69) is 0 Å². The molecule has 1 amide bonds. The van der Waals surface area contributed by atoms with Gasteiger partial charge in [-0.1, -0.05) is 12.1 Å². The summed E-state index contributed by atoms with van der Waals surface area (Å²) in [4.78, 5) is 33.5. The molecule has 0 heterocycles. The molecule has 20 heavy (non-hydrogen) atoms. The smallest absolute Gasteiger partial charge is 0.323 e. The number of carboxylic acids is 2. The van der Waals surface area contributed by atoms with E-state index in [1.807, 2.05) is 0 Å². The van der Waals surface area contributed by atoms with Crippen LogP contribution in [0.3, 0.4) is 0 Å². The molecule has 7 heteroatoms. The number of hydrogen-bond donors (Lipinski definition) is 2. The summed E-state index contributed by atoms with van der Waals surface area (Å²) in [6.45, 7) is -1.45. The first-order chi connectivity index (χ1) is 9.38. The van der Waals surface area contributed by atoms with E-state index in [4.69, 9.17) is 10.2 Å². The van der Waals surface area contributed by atoms with Crippen LogP contribution in [0.2, 0.25) is 0 Å². The Morgan fingerprint density at radius 3 is 2.25 bits per heavy atom. The van der Waals surface area contributed by atoms with Gasteiger partial charge in [-0.15, -0.1) is 0 Å². The number of carbonyl (C=O) groups is 3. The minimum absolute atomic E-state index is 0.406. The Bertz CT molecular complexity index is 539. The third kappa shape index (κ3) is 5.30. The zero-order chi connectivity index (χ0) is 15.1. The van der Waals surface area contributed by atoms with Crippen molar-refractivity contribution in [3.63, 3.8) is 0 Å².